The standard InChI is InChI=1S/C18H14N4O/c23-18-15(10-12-11-19-16-9-5-4-8-14(12)16)17(21-22-18)20-13-6-2-1-3-7-13/h1-11H,(H3,20,21,22,23)/b12-10-. The molecule has 0 saturated heterocycles. The first-order valence-electron chi connectivity index (χ1n) is 7.29. The average molecular weight is 302 g/mol. The summed E-state index contributed by atoms with van der Waals surface area (Å²) in [5.41, 5.74) is 4.15. The van der Waals surface area contributed by atoms with Gasteiger partial charge in [-0.05, 0) is 24.3 Å². The minimum Gasteiger partial charge on any atom is -0.340 e. The SMILES string of the molecule is O=c1[nH][nH]c(Nc2ccccc2)c1/C=C1/C=Nc2ccccc21. The van der Waals surface area contributed by atoms with E-state index in [1.54, 1.807) is 6.21 Å². The Morgan fingerprint density at radius 1 is 0.957 bits per heavy atom. The number of fused-ring (bicyclic) bond motifs is 1. The molecule has 0 radical (unpaired) electrons. The number of nitrogens with one attached hydrogen (secondary N) is 3. The van der Waals surface area contributed by atoms with Gasteiger partial charge in [-0.1, -0.05) is 36.4 Å². The van der Waals surface area contributed by atoms with Crippen LogP contribution in [0.3, 0.4) is 0 Å². The van der Waals surface area contributed by atoms with Crippen molar-refractivity contribution in [2.75, 3.05) is 5.32 Å². The average Bonchev–Trinajstić information content (AvgIpc) is 3.15. The maximum absolute atomic E-state index is 12.1. The maximum atomic E-state index is 12.1. The van der Waals surface area contributed by atoms with Crippen molar-refractivity contribution in [1.82, 2.24) is 10.2 Å². The Hall–Kier alpha value is -3.34. The molecule has 5 nitrogen and oxygen atoms in total. The van der Waals surface area contributed by atoms with Crippen molar-refractivity contribution in [3.05, 3.63) is 76.1 Å². The number of hydrogen-bond donors (Lipinski definition) is 3. The van der Waals surface area contributed by atoms with Crippen molar-refractivity contribution in [3.8, 4) is 0 Å². The highest BCUT2D eigenvalue weighted by atomic mass is 16.1. The van der Waals surface area contributed by atoms with E-state index in [1.165, 1.54) is 0 Å². The van der Waals surface area contributed by atoms with Gasteiger partial charge in [0.2, 0.25) is 0 Å². The minimum atomic E-state index is -0.172. The molecule has 0 unspecified atom stereocenters. The highest BCUT2D eigenvalue weighted by molar-refractivity contribution is 6.21. The second-order valence-electron chi connectivity index (χ2n) is 5.23. The van der Waals surface area contributed by atoms with Gasteiger partial charge in [0.15, 0.2) is 0 Å². The van der Waals surface area contributed by atoms with Crippen molar-refractivity contribution >= 4 is 35.1 Å². The van der Waals surface area contributed by atoms with E-state index in [1.807, 2.05) is 60.7 Å². The molecule has 2 aromatic carbocycles. The van der Waals surface area contributed by atoms with Crippen LogP contribution < -0.4 is 10.9 Å². The van der Waals surface area contributed by atoms with Crippen molar-refractivity contribution in [2.24, 2.45) is 4.99 Å². The summed E-state index contributed by atoms with van der Waals surface area (Å²) in [6, 6.07) is 17.6. The van der Waals surface area contributed by atoms with E-state index in [4.69, 9.17) is 0 Å². The van der Waals surface area contributed by atoms with Gasteiger partial charge < -0.3 is 5.32 Å². The van der Waals surface area contributed by atoms with E-state index in [2.05, 4.69) is 20.5 Å². The second-order valence-corrected chi connectivity index (χ2v) is 5.23. The molecule has 112 valence electrons. The molecule has 3 aromatic rings. The summed E-state index contributed by atoms with van der Waals surface area (Å²) in [4.78, 5) is 16.5. The van der Waals surface area contributed by atoms with E-state index in [0.29, 0.717) is 11.4 Å². The molecule has 0 fully saturated rings. The van der Waals surface area contributed by atoms with Gasteiger partial charge in [0, 0.05) is 23.0 Å². The molecule has 2 heterocycles. The van der Waals surface area contributed by atoms with Gasteiger partial charge in [0.1, 0.15) is 5.82 Å². The topological polar surface area (TPSA) is 73.0 Å². The summed E-state index contributed by atoms with van der Waals surface area (Å²) in [5.74, 6) is 0.631. The molecule has 1 aliphatic heterocycles. The van der Waals surface area contributed by atoms with Crippen molar-refractivity contribution in [2.45, 2.75) is 0 Å². The number of aromatic amines is 2. The van der Waals surface area contributed by atoms with Crippen molar-refractivity contribution in [1.29, 1.82) is 0 Å². The Balaban J connectivity index is 1.74. The van der Waals surface area contributed by atoms with Crippen LogP contribution >= 0.6 is 0 Å². The van der Waals surface area contributed by atoms with Crippen LogP contribution in [0, 0.1) is 0 Å². The van der Waals surface area contributed by atoms with Crippen LogP contribution in [0.2, 0.25) is 0 Å². The lowest BCUT2D eigenvalue weighted by Gasteiger charge is -2.04. The molecule has 23 heavy (non-hydrogen) atoms. The third kappa shape index (κ3) is 2.48. The lowest BCUT2D eigenvalue weighted by Crippen LogP contribution is -2.03. The highest BCUT2D eigenvalue weighted by Gasteiger charge is 2.14. The second kappa shape index (κ2) is 5.46. The van der Waals surface area contributed by atoms with Crippen LogP contribution in [0.25, 0.3) is 11.6 Å². The number of H-pyrrole nitrogens is 2. The molecule has 1 aromatic heterocycles. The Morgan fingerprint density at radius 3 is 2.61 bits per heavy atom. The molecule has 1 aliphatic rings. The van der Waals surface area contributed by atoms with Crippen molar-refractivity contribution in [3.63, 3.8) is 0 Å². The van der Waals surface area contributed by atoms with Crippen LogP contribution in [0.1, 0.15) is 11.1 Å². The zero-order valence-electron chi connectivity index (χ0n) is 12.2. The number of allylic oxidation sites excluding steroid dienone is 1. The Labute approximate surface area is 132 Å². The lowest BCUT2D eigenvalue weighted by atomic mass is 10.1. The molecular weight excluding hydrogens is 288 g/mol. The molecule has 0 aliphatic carbocycles. The van der Waals surface area contributed by atoms with Crippen LogP contribution in [0.15, 0.2) is 64.4 Å². The first-order chi connectivity index (χ1) is 11.3. The summed E-state index contributed by atoms with van der Waals surface area (Å²) >= 11 is 0. The van der Waals surface area contributed by atoms with E-state index >= 15 is 0 Å². The molecule has 3 N–H and O–H groups in total. The van der Waals surface area contributed by atoms with Crippen LogP contribution in [-0.4, -0.2) is 16.4 Å². The van der Waals surface area contributed by atoms with E-state index in [9.17, 15) is 4.79 Å². The largest absolute Gasteiger partial charge is 0.340 e. The number of benzene rings is 2. The van der Waals surface area contributed by atoms with Gasteiger partial charge in [0.25, 0.3) is 5.56 Å². The highest BCUT2D eigenvalue weighted by Crippen LogP contribution is 2.32. The molecule has 4 rings (SSSR count). The van der Waals surface area contributed by atoms with Crippen molar-refractivity contribution < 1.29 is 0 Å². The molecule has 0 bridgehead atoms. The van der Waals surface area contributed by atoms with Gasteiger partial charge in [-0.15, -0.1) is 0 Å². The first-order valence-corrected chi connectivity index (χ1v) is 7.29. The molecule has 0 atom stereocenters. The Morgan fingerprint density at radius 2 is 1.74 bits per heavy atom. The van der Waals surface area contributed by atoms with E-state index < -0.39 is 0 Å². The third-order valence-corrected chi connectivity index (χ3v) is 3.72. The number of anilines is 2. The number of rotatable bonds is 3. The number of nitrogens with zero attached hydrogens (tertiary/aromatic N) is 1. The van der Waals surface area contributed by atoms with E-state index in [0.717, 1.165) is 22.5 Å². The number of aromatic nitrogens is 2. The predicted octanol–water partition coefficient (Wildman–Crippen LogP) is 3.70. The zero-order valence-corrected chi connectivity index (χ0v) is 12.2. The predicted molar refractivity (Wildman–Crippen MR) is 93.6 cm³/mol. The smallest absolute Gasteiger partial charge is 0.273 e. The van der Waals surface area contributed by atoms with Crippen LogP contribution in [0.5, 0.6) is 0 Å². The van der Waals surface area contributed by atoms with Crippen LogP contribution in [0.4, 0.5) is 17.2 Å². The quantitative estimate of drug-likeness (QED) is 0.690. The summed E-state index contributed by atoms with van der Waals surface area (Å²) in [6.45, 7) is 0. The summed E-state index contributed by atoms with van der Waals surface area (Å²) in [6.07, 6.45) is 3.62. The fourth-order valence-corrected chi connectivity index (χ4v) is 2.58. The molecule has 5 heteroatoms. The third-order valence-electron chi connectivity index (χ3n) is 3.72. The van der Waals surface area contributed by atoms with E-state index in [-0.39, 0.29) is 5.56 Å². The first kappa shape index (κ1) is 13.3. The van der Waals surface area contributed by atoms with Gasteiger partial charge >= 0.3 is 0 Å². The molecule has 0 saturated carbocycles. The zero-order chi connectivity index (χ0) is 15.6. The normalized spacial score (nSPS) is 14.2. The molecule has 0 amide bonds. The Bertz CT molecular complexity index is 964. The van der Waals surface area contributed by atoms with Gasteiger partial charge in [-0.3, -0.25) is 20.0 Å². The van der Waals surface area contributed by atoms with Gasteiger partial charge in [-0.2, -0.15) is 0 Å². The summed E-state index contributed by atoms with van der Waals surface area (Å²) in [7, 11) is 0. The van der Waals surface area contributed by atoms with Gasteiger partial charge in [0.05, 0.1) is 11.3 Å². The minimum absolute atomic E-state index is 0.172. The number of aliphatic imine (C=N–C) groups is 1. The monoisotopic (exact) mass is 302 g/mol. The fourth-order valence-electron chi connectivity index (χ4n) is 2.58. The Kier molecular flexibility index (Phi) is 3.16. The lowest BCUT2D eigenvalue weighted by molar-refractivity contribution is 1.06. The number of para-hydroxylation sites is 2. The summed E-state index contributed by atoms with van der Waals surface area (Å²) < 4.78 is 0. The number of hydrogen-bond acceptors (Lipinski definition) is 3. The van der Waals surface area contributed by atoms with Gasteiger partial charge in [-0.25, -0.2) is 0 Å². The maximum Gasteiger partial charge on any atom is 0.273 e. The summed E-state index contributed by atoms with van der Waals surface area (Å²) in [5, 5.41) is 8.72. The molecular formula is C18H14N4O. The fraction of sp³-hybridized carbons (Fsp3) is 0. The molecule has 0 spiro atoms. The van der Waals surface area contributed by atoms with Crippen LogP contribution in [-0.2, 0) is 0 Å².